The first-order valence-corrected chi connectivity index (χ1v) is 4.68. The summed E-state index contributed by atoms with van der Waals surface area (Å²) in [7, 11) is 1.34. The van der Waals surface area contributed by atoms with Gasteiger partial charge in [-0.25, -0.2) is 9.78 Å². The zero-order valence-electron chi connectivity index (χ0n) is 8.37. The maximum Gasteiger partial charge on any atom is 0.338 e. The zero-order chi connectivity index (χ0) is 10.7. The van der Waals surface area contributed by atoms with E-state index in [4.69, 9.17) is 11.6 Å². The first kappa shape index (κ1) is 11.0. The summed E-state index contributed by atoms with van der Waals surface area (Å²) >= 11 is 5.78. The van der Waals surface area contributed by atoms with E-state index in [1.54, 1.807) is 6.07 Å². The van der Waals surface area contributed by atoms with Gasteiger partial charge in [-0.05, 0) is 18.1 Å². The van der Waals surface area contributed by atoms with Crippen LogP contribution in [0.3, 0.4) is 0 Å². The maximum atomic E-state index is 11.2. The van der Waals surface area contributed by atoms with E-state index in [2.05, 4.69) is 9.72 Å². The van der Waals surface area contributed by atoms with Crippen molar-refractivity contribution in [2.24, 2.45) is 0 Å². The lowest BCUT2D eigenvalue weighted by atomic mass is 10.1. The molecule has 1 rings (SSSR count). The Kier molecular flexibility index (Phi) is 3.47. The smallest absolute Gasteiger partial charge is 0.338 e. The second-order valence-corrected chi connectivity index (χ2v) is 3.64. The number of esters is 1. The van der Waals surface area contributed by atoms with E-state index >= 15 is 0 Å². The summed E-state index contributed by atoms with van der Waals surface area (Å²) < 4.78 is 4.60. The minimum Gasteiger partial charge on any atom is -0.465 e. The Labute approximate surface area is 88.1 Å². The predicted octanol–water partition coefficient (Wildman–Crippen LogP) is 2.65. The number of halogens is 1. The SMILES string of the molecule is COC(=O)c1cc(Cl)nc(C(C)C)c1. The Morgan fingerprint density at radius 3 is 2.64 bits per heavy atom. The first-order chi connectivity index (χ1) is 6.54. The first-order valence-electron chi connectivity index (χ1n) is 4.30. The highest BCUT2D eigenvalue weighted by Crippen LogP contribution is 2.17. The normalized spacial score (nSPS) is 10.4. The van der Waals surface area contributed by atoms with Crippen LogP contribution in [-0.2, 0) is 4.74 Å². The fourth-order valence-corrected chi connectivity index (χ4v) is 1.26. The molecule has 3 nitrogen and oxygen atoms in total. The van der Waals surface area contributed by atoms with Crippen molar-refractivity contribution in [3.8, 4) is 0 Å². The Hall–Kier alpha value is -1.09. The second-order valence-electron chi connectivity index (χ2n) is 3.25. The van der Waals surface area contributed by atoms with E-state index in [0.29, 0.717) is 10.7 Å². The van der Waals surface area contributed by atoms with E-state index in [9.17, 15) is 4.79 Å². The number of hydrogen-bond donors (Lipinski definition) is 0. The number of carbonyl (C=O) groups is 1. The number of nitrogens with zero attached hydrogens (tertiary/aromatic N) is 1. The monoisotopic (exact) mass is 213 g/mol. The molecule has 0 N–H and O–H groups in total. The number of aromatic nitrogens is 1. The fraction of sp³-hybridized carbons (Fsp3) is 0.400. The third-order valence-corrected chi connectivity index (χ3v) is 2.02. The van der Waals surface area contributed by atoms with Crippen LogP contribution >= 0.6 is 11.6 Å². The summed E-state index contributed by atoms with van der Waals surface area (Å²) in [6.07, 6.45) is 0. The standard InChI is InChI=1S/C10H12ClNO2/c1-6(2)8-4-7(10(13)14-3)5-9(11)12-8/h4-6H,1-3H3. The van der Waals surface area contributed by atoms with Gasteiger partial charge < -0.3 is 4.74 Å². The zero-order valence-corrected chi connectivity index (χ0v) is 9.13. The molecule has 0 aliphatic carbocycles. The Bertz CT molecular complexity index is 350. The molecule has 1 aromatic heterocycles. The average Bonchev–Trinajstić information content (AvgIpc) is 2.15. The topological polar surface area (TPSA) is 39.2 Å². The summed E-state index contributed by atoms with van der Waals surface area (Å²) in [5.41, 5.74) is 1.23. The minimum atomic E-state index is -0.392. The van der Waals surface area contributed by atoms with Crippen molar-refractivity contribution in [3.05, 3.63) is 28.5 Å². The summed E-state index contributed by atoms with van der Waals surface area (Å²) in [6, 6.07) is 3.20. The van der Waals surface area contributed by atoms with Gasteiger partial charge in [0.2, 0.25) is 0 Å². The highest BCUT2D eigenvalue weighted by Gasteiger charge is 2.10. The predicted molar refractivity (Wildman–Crippen MR) is 54.7 cm³/mol. The third kappa shape index (κ3) is 2.45. The molecule has 0 saturated carbocycles. The van der Waals surface area contributed by atoms with Crippen molar-refractivity contribution in [2.75, 3.05) is 7.11 Å². The van der Waals surface area contributed by atoms with Crippen LogP contribution in [-0.4, -0.2) is 18.1 Å². The van der Waals surface area contributed by atoms with Crippen LogP contribution in [0, 0.1) is 0 Å². The van der Waals surface area contributed by atoms with Crippen LogP contribution in [0.2, 0.25) is 5.15 Å². The van der Waals surface area contributed by atoms with Crippen LogP contribution in [0.25, 0.3) is 0 Å². The van der Waals surface area contributed by atoms with Crippen LogP contribution in [0.15, 0.2) is 12.1 Å². The molecule has 14 heavy (non-hydrogen) atoms. The van der Waals surface area contributed by atoms with Crippen molar-refractivity contribution < 1.29 is 9.53 Å². The number of pyridine rings is 1. The molecule has 0 fully saturated rings. The van der Waals surface area contributed by atoms with E-state index in [0.717, 1.165) is 5.69 Å². The summed E-state index contributed by atoms with van der Waals surface area (Å²) in [5, 5.41) is 0.316. The molecular weight excluding hydrogens is 202 g/mol. The van der Waals surface area contributed by atoms with E-state index in [1.807, 2.05) is 13.8 Å². The maximum absolute atomic E-state index is 11.2. The van der Waals surface area contributed by atoms with E-state index in [1.165, 1.54) is 13.2 Å². The molecule has 1 aromatic rings. The number of carbonyl (C=O) groups excluding carboxylic acids is 1. The van der Waals surface area contributed by atoms with E-state index in [-0.39, 0.29) is 5.92 Å². The molecule has 0 spiro atoms. The molecule has 0 aliphatic rings. The van der Waals surface area contributed by atoms with Crippen molar-refractivity contribution in [2.45, 2.75) is 19.8 Å². The molecule has 0 amide bonds. The Morgan fingerprint density at radius 2 is 2.14 bits per heavy atom. The third-order valence-electron chi connectivity index (χ3n) is 1.83. The quantitative estimate of drug-likeness (QED) is 0.560. The highest BCUT2D eigenvalue weighted by molar-refractivity contribution is 6.29. The molecule has 0 aliphatic heterocycles. The van der Waals surface area contributed by atoms with Crippen LogP contribution in [0.1, 0.15) is 35.8 Å². The van der Waals surface area contributed by atoms with Gasteiger partial charge in [-0.2, -0.15) is 0 Å². The van der Waals surface area contributed by atoms with Gasteiger partial charge in [0.05, 0.1) is 12.7 Å². The molecule has 0 atom stereocenters. The van der Waals surface area contributed by atoms with Gasteiger partial charge in [-0.15, -0.1) is 0 Å². The number of ether oxygens (including phenoxy) is 1. The number of methoxy groups -OCH3 is 1. The fourth-order valence-electron chi connectivity index (χ4n) is 1.05. The number of hydrogen-bond acceptors (Lipinski definition) is 3. The van der Waals surface area contributed by atoms with Gasteiger partial charge in [0.15, 0.2) is 0 Å². The highest BCUT2D eigenvalue weighted by atomic mass is 35.5. The summed E-state index contributed by atoms with van der Waals surface area (Å²) in [5.74, 6) is -0.159. The second kappa shape index (κ2) is 4.42. The summed E-state index contributed by atoms with van der Waals surface area (Å²) in [6.45, 7) is 3.97. The average molecular weight is 214 g/mol. The van der Waals surface area contributed by atoms with Gasteiger partial charge in [-0.1, -0.05) is 25.4 Å². The van der Waals surface area contributed by atoms with Crippen molar-refractivity contribution in [3.63, 3.8) is 0 Å². The molecule has 76 valence electrons. The number of rotatable bonds is 2. The molecule has 0 unspecified atom stereocenters. The molecule has 4 heteroatoms. The van der Waals surface area contributed by atoms with Crippen molar-refractivity contribution in [1.29, 1.82) is 0 Å². The lowest BCUT2D eigenvalue weighted by molar-refractivity contribution is 0.0600. The van der Waals surface area contributed by atoms with Gasteiger partial charge in [0, 0.05) is 5.69 Å². The molecule has 0 radical (unpaired) electrons. The van der Waals surface area contributed by atoms with E-state index < -0.39 is 5.97 Å². The molecule has 1 heterocycles. The molecule has 0 bridgehead atoms. The van der Waals surface area contributed by atoms with Crippen molar-refractivity contribution >= 4 is 17.6 Å². The van der Waals surface area contributed by atoms with Crippen molar-refractivity contribution in [1.82, 2.24) is 4.98 Å². The Morgan fingerprint density at radius 1 is 1.50 bits per heavy atom. The van der Waals surface area contributed by atoms with Crippen LogP contribution in [0.5, 0.6) is 0 Å². The molecule has 0 aromatic carbocycles. The van der Waals surface area contributed by atoms with Crippen LogP contribution in [0.4, 0.5) is 0 Å². The Balaban J connectivity index is 3.13. The summed E-state index contributed by atoms with van der Waals surface area (Å²) in [4.78, 5) is 15.3. The van der Waals surface area contributed by atoms with Gasteiger partial charge in [0.25, 0.3) is 0 Å². The molecular formula is C10H12ClNO2. The van der Waals surface area contributed by atoms with Gasteiger partial charge in [0.1, 0.15) is 5.15 Å². The lowest BCUT2D eigenvalue weighted by Gasteiger charge is -2.06. The lowest BCUT2D eigenvalue weighted by Crippen LogP contribution is -2.04. The van der Waals surface area contributed by atoms with Gasteiger partial charge >= 0.3 is 5.97 Å². The van der Waals surface area contributed by atoms with Crippen LogP contribution < -0.4 is 0 Å². The minimum absolute atomic E-state index is 0.233. The van der Waals surface area contributed by atoms with Gasteiger partial charge in [-0.3, -0.25) is 0 Å². The largest absolute Gasteiger partial charge is 0.465 e. The molecule has 0 saturated heterocycles.